The van der Waals surface area contributed by atoms with E-state index in [2.05, 4.69) is 45.9 Å². The van der Waals surface area contributed by atoms with Gasteiger partial charge in [-0.1, -0.05) is 23.2 Å². The number of hydrogen-bond donors (Lipinski definition) is 0. The van der Waals surface area contributed by atoms with Gasteiger partial charge in [-0.15, -0.1) is 0 Å². The van der Waals surface area contributed by atoms with Gasteiger partial charge in [0.1, 0.15) is 24.4 Å². The van der Waals surface area contributed by atoms with Crippen LogP contribution in [0.4, 0.5) is 5.69 Å². The Bertz CT molecular complexity index is 1530. The Hall–Kier alpha value is -3.02. The van der Waals surface area contributed by atoms with Crippen LogP contribution in [0.5, 0.6) is 0 Å². The molecule has 2 saturated heterocycles. The van der Waals surface area contributed by atoms with Gasteiger partial charge in [0.15, 0.2) is 0 Å². The Balaban J connectivity index is 1.60. The summed E-state index contributed by atoms with van der Waals surface area (Å²) in [7, 11) is 0. The fourth-order valence-corrected chi connectivity index (χ4v) is 6.13. The summed E-state index contributed by atoms with van der Waals surface area (Å²) in [6, 6.07) is 15.7. The van der Waals surface area contributed by atoms with Crippen LogP contribution in [0.25, 0.3) is 22.3 Å². The number of carboxylic acid groups (broad SMARTS) is 1. The van der Waals surface area contributed by atoms with Crippen molar-refractivity contribution in [3.63, 3.8) is 0 Å². The molecule has 3 aliphatic heterocycles. The van der Waals surface area contributed by atoms with Crippen molar-refractivity contribution in [1.29, 1.82) is 0 Å². The SMILES string of the molecule is O=C([O-])c1c(Cl)ccc(Cl)c1Cc1c2ccc(=[N+]3CCCC3)cc-2oc2cc(N3CCCC3)ccc12. The topological polar surface area (TPSA) is 59.5 Å². The lowest BCUT2D eigenvalue weighted by Crippen LogP contribution is -2.26. The predicted octanol–water partition coefficient (Wildman–Crippen LogP) is 4.96. The highest BCUT2D eigenvalue weighted by Crippen LogP contribution is 2.38. The monoisotopic (exact) mass is 520 g/mol. The van der Waals surface area contributed by atoms with Crippen molar-refractivity contribution in [2.45, 2.75) is 32.1 Å². The quantitative estimate of drug-likeness (QED) is 0.281. The predicted molar refractivity (Wildman–Crippen MR) is 142 cm³/mol. The van der Waals surface area contributed by atoms with Gasteiger partial charge >= 0.3 is 0 Å². The van der Waals surface area contributed by atoms with E-state index >= 15 is 0 Å². The molecule has 0 unspecified atom stereocenters. The van der Waals surface area contributed by atoms with E-state index in [4.69, 9.17) is 27.6 Å². The van der Waals surface area contributed by atoms with Crippen LogP contribution in [0.15, 0.2) is 52.9 Å². The first-order valence-corrected chi connectivity index (χ1v) is 13.3. The Morgan fingerprint density at radius 1 is 0.917 bits per heavy atom. The summed E-state index contributed by atoms with van der Waals surface area (Å²) in [5.41, 5.74) is 4.19. The molecule has 1 aliphatic carbocycles. The molecule has 0 atom stereocenters. The van der Waals surface area contributed by atoms with Gasteiger partial charge in [0, 0.05) is 71.7 Å². The van der Waals surface area contributed by atoms with E-state index in [0.717, 1.165) is 65.1 Å². The molecule has 0 radical (unpaired) electrons. The number of anilines is 1. The molecule has 0 saturated carbocycles. The molecule has 7 heteroatoms. The van der Waals surface area contributed by atoms with E-state index in [1.165, 1.54) is 31.7 Å². The summed E-state index contributed by atoms with van der Waals surface area (Å²) in [6.07, 6.45) is 5.05. The van der Waals surface area contributed by atoms with Crippen molar-refractivity contribution in [3.05, 3.63) is 80.6 Å². The molecule has 0 N–H and O–H groups in total. The van der Waals surface area contributed by atoms with Crippen molar-refractivity contribution in [1.82, 2.24) is 4.58 Å². The fraction of sp³-hybridized carbons (Fsp3) is 0.310. The minimum Gasteiger partial charge on any atom is -0.545 e. The van der Waals surface area contributed by atoms with Gasteiger partial charge in [0.05, 0.1) is 17.1 Å². The molecule has 2 aromatic carbocycles. The second-order valence-corrected chi connectivity index (χ2v) is 10.5. The van der Waals surface area contributed by atoms with Gasteiger partial charge in [0.2, 0.25) is 5.36 Å². The van der Waals surface area contributed by atoms with E-state index in [0.29, 0.717) is 10.6 Å². The van der Waals surface area contributed by atoms with Gasteiger partial charge in [-0.2, -0.15) is 0 Å². The Morgan fingerprint density at radius 2 is 1.67 bits per heavy atom. The molecule has 2 fully saturated rings. The van der Waals surface area contributed by atoms with Crippen molar-refractivity contribution >= 4 is 45.8 Å². The number of carbonyl (C=O) groups excluding carboxylic acids is 1. The largest absolute Gasteiger partial charge is 0.545 e. The van der Waals surface area contributed by atoms with Crippen LogP contribution in [-0.4, -0.2) is 32.1 Å². The lowest BCUT2D eigenvalue weighted by molar-refractivity contribution is -0.255. The van der Waals surface area contributed by atoms with Crippen LogP contribution in [0, 0.1) is 0 Å². The zero-order valence-electron chi connectivity index (χ0n) is 19.9. The summed E-state index contributed by atoms with van der Waals surface area (Å²) in [5, 5.41) is 14.6. The number of fused-ring (bicyclic) bond motifs is 2. The normalized spacial score (nSPS) is 15.9. The van der Waals surface area contributed by atoms with Crippen LogP contribution in [0.2, 0.25) is 10.0 Å². The van der Waals surface area contributed by atoms with Crippen LogP contribution in [0.1, 0.15) is 47.2 Å². The fourth-order valence-electron chi connectivity index (χ4n) is 5.65. The molecule has 0 bridgehead atoms. The van der Waals surface area contributed by atoms with E-state index < -0.39 is 5.97 Å². The Kier molecular flexibility index (Phi) is 6.14. The maximum atomic E-state index is 12.0. The van der Waals surface area contributed by atoms with Gasteiger partial charge in [-0.05, 0) is 54.3 Å². The maximum Gasteiger partial charge on any atom is 0.203 e. The number of benzene rings is 3. The zero-order valence-corrected chi connectivity index (χ0v) is 21.4. The molecule has 0 aromatic heterocycles. The molecule has 4 aliphatic rings. The lowest BCUT2D eigenvalue weighted by Gasteiger charge is -2.21. The molecule has 6 rings (SSSR count). The van der Waals surface area contributed by atoms with Gasteiger partial charge in [0.25, 0.3) is 0 Å². The van der Waals surface area contributed by atoms with Crippen molar-refractivity contribution in [2.75, 3.05) is 31.1 Å². The number of carbonyl (C=O) groups is 1. The third-order valence-electron chi connectivity index (χ3n) is 7.51. The summed E-state index contributed by atoms with van der Waals surface area (Å²) in [6.45, 7) is 4.16. The summed E-state index contributed by atoms with van der Waals surface area (Å²) in [5.74, 6) is -0.562. The van der Waals surface area contributed by atoms with Crippen molar-refractivity contribution in [3.8, 4) is 11.3 Å². The second kappa shape index (κ2) is 9.45. The first kappa shape index (κ1) is 23.4. The number of halogens is 2. The molecular formula is C29H26Cl2N2O3. The molecular weight excluding hydrogens is 495 g/mol. The first-order valence-electron chi connectivity index (χ1n) is 12.5. The number of aromatic carboxylic acids is 1. The average molecular weight is 521 g/mol. The number of hydrogen-bond acceptors (Lipinski definition) is 4. The molecule has 0 amide bonds. The third kappa shape index (κ3) is 4.14. The van der Waals surface area contributed by atoms with E-state index in [-0.39, 0.29) is 17.0 Å². The second-order valence-electron chi connectivity index (χ2n) is 9.68. The van der Waals surface area contributed by atoms with E-state index in [9.17, 15) is 9.90 Å². The highest BCUT2D eigenvalue weighted by molar-refractivity contribution is 6.36. The van der Waals surface area contributed by atoms with Crippen LogP contribution in [-0.2, 0) is 6.42 Å². The molecule has 184 valence electrons. The van der Waals surface area contributed by atoms with Gasteiger partial charge in [-0.25, -0.2) is 4.58 Å². The molecule has 2 aromatic rings. The minimum atomic E-state index is -1.33. The highest BCUT2D eigenvalue weighted by atomic mass is 35.5. The summed E-state index contributed by atoms with van der Waals surface area (Å²) >= 11 is 12.8. The van der Waals surface area contributed by atoms with Gasteiger partial charge in [-0.3, -0.25) is 0 Å². The van der Waals surface area contributed by atoms with Crippen LogP contribution < -0.4 is 19.9 Å². The van der Waals surface area contributed by atoms with Crippen molar-refractivity contribution < 1.29 is 14.3 Å². The van der Waals surface area contributed by atoms with E-state index in [1.807, 2.05) is 0 Å². The van der Waals surface area contributed by atoms with Crippen LogP contribution >= 0.6 is 23.2 Å². The minimum absolute atomic E-state index is 0.0615. The molecule has 5 nitrogen and oxygen atoms in total. The Morgan fingerprint density at radius 3 is 2.42 bits per heavy atom. The zero-order chi connectivity index (χ0) is 24.8. The van der Waals surface area contributed by atoms with Crippen LogP contribution in [0.3, 0.4) is 0 Å². The summed E-state index contributed by atoms with van der Waals surface area (Å²) < 4.78 is 8.89. The van der Waals surface area contributed by atoms with Gasteiger partial charge < -0.3 is 19.2 Å². The Labute approximate surface area is 219 Å². The maximum absolute atomic E-state index is 12.0. The lowest BCUT2D eigenvalue weighted by atomic mass is 9.92. The number of nitrogens with zero attached hydrogens (tertiary/aromatic N) is 2. The number of carboxylic acids is 1. The molecule has 36 heavy (non-hydrogen) atoms. The summed E-state index contributed by atoms with van der Waals surface area (Å²) in [4.78, 5) is 14.4. The standard InChI is InChI=1S/C29H26Cl2N2O3/c30-24-9-10-25(31)28(29(34)35)23(24)17-22-20-7-5-18(32-11-1-2-12-32)15-26(20)36-27-16-19(6-8-21(22)27)33-13-3-4-14-33/h5-10,15-16H,1-4,11-14,17H2. The molecule has 0 spiro atoms. The smallest absolute Gasteiger partial charge is 0.203 e. The first-order chi connectivity index (χ1) is 17.5. The average Bonchev–Trinajstić information content (AvgIpc) is 3.60. The molecule has 3 heterocycles. The number of rotatable bonds is 4. The highest BCUT2D eigenvalue weighted by Gasteiger charge is 2.23. The van der Waals surface area contributed by atoms with E-state index in [1.54, 1.807) is 6.07 Å². The van der Waals surface area contributed by atoms with Crippen molar-refractivity contribution in [2.24, 2.45) is 0 Å². The third-order valence-corrected chi connectivity index (χ3v) is 8.17.